The van der Waals surface area contributed by atoms with E-state index in [-0.39, 0.29) is 0 Å². The predicted molar refractivity (Wildman–Crippen MR) is 81.9 cm³/mol. The van der Waals surface area contributed by atoms with Crippen LogP contribution in [0.15, 0.2) is 6.20 Å². The molecule has 0 aliphatic carbocycles. The molecule has 1 saturated heterocycles. The van der Waals surface area contributed by atoms with Gasteiger partial charge in [-0.25, -0.2) is 0 Å². The van der Waals surface area contributed by atoms with Crippen LogP contribution in [0.4, 0.5) is 0 Å². The monoisotopic (exact) mass is 277 g/mol. The zero-order valence-electron chi connectivity index (χ0n) is 13.1. The molecule has 20 heavy (non-hydrogen) atoms. The van der Waals surface area contributed by atoms with Crippen molar-refractivity contribution in [3.8, 4) is 5.75 Å². The molecule has 1 aliphatic heterocycles. The number of likely N-dealkylation sites (tertiary alicyclic amines) is 1. The summed E-state index contributed by atoms with van der Waals surface area (Å²) in [5.74, 6) is 2.31. The fourth-order valence-electron chi connectivity index (χ4n) is 3.12. The molecule has 1 aromatic rings. The van der Waals surface area contributed by atoms with E-state index in [2.05, 4.69) is 23.7 Å². The second kappa shape index (κ2) is 6.55. The molecule has 0 bridgehead atoms. The molecule has 0 radical (unpaired) electrons. The van der Waals surface area contributed by atoms with Crippen LogP contribution in [0, 0.1) is 25.7 Å². The van der Waals surface area contributed by atoms with Gasteiger partial charge < -0.3 is 10.5 Å². The van der Waals surface area contributed by atoms with Crippen LogP contribution in [-0.2, 0) is 6.54 Å². The lowest BCUT2D eigenvalue weighted by Crippen LogP contribution is -2.42. The van der Waals surface area contributed by atoms with Crippen LogP contribution >= 0.6 is 0 Å². The number of piperidine rings is 1. The van der Waals surface area contributed by atoms with Gasteiger partial charge in [-0.05, 0) is 45.2 Å². The third-order valence-corrected chi connectivity index (χ3v) is 4.62. The average molecular weight is 277 g/mol. The van der Waals surface area contributed by atoms with Crippen molar-refractivity contribution in [1.29, 1.82) is 0 Å². The second-order valence-electron chi connectivity index (χ2n) is 6.04. The first-order valence-corrected chi connectivity index (χ1v) is 7.48. The topological polar surface area (TPSA) is 51.4 Å². The van der Waals surface area contributed by atoms with Crippen LogP contribution in [0.3, 0.4) is 0 Å². The maximum Gasteiger partial charge on any atom is 0.128 e. The van der Waals surface area contributed by atoms with Gasteiger partial charge in [0.05, 0.1) is 12.8 Å². The van der Waals surface area contributed by atoms with Crippen LogP contribution in [0.25, 0.3) is 0 Å². The smallest absolute Gasteiger partial charge is 0.128 e. The summed E-state index contributed by atoms with van der Waals surface area (Å²) >= 11 is 0. The van der Waals surface area contributed by atoms with Crippen LogP contribution in [0.1, 0.15) is 30.2 Å². The van der Waals surface area contributed by atoms with Gasteiger partial charge >= 0.3 is 0 Å². The molecule has 0 saturated carbocycles. The van der Waals surface area contributed by atoms with E-state index in [0.717, 1.165) is 54.7 Å². The molecule has 0 aromatic carbocycles. The maximum absolute atomic E-state index is 5.88. The Morgan fingerprint density at radius 2 is 2.20 bits per heavy atom. The fourth-order valence-corrected chi connectivity index (χ4v) is 3.12. The SMILES string of the molecule is COc1c(C)cnc(CN2CCC(C)C(CN)C2)c1C. The number of aryl methyl sites for hydroxylation is 1. The Kier molecular flexibility index (Phi) is 5.00. The van der Waals surface area contributed by atoms with E-state index in [4.69, 9.17) is 10.5 Å². The van der Waals surface area contributed by atoms with Crippen LogP contribution in [-0.4, -0.2) is 36.6 Å². The summed E-state index contributed by atoms with van der Waals surface area (Å²) in [6.45, 7) is 10.3. The van der Waals surface area contributed by atoms with Gasteiger partial charge in [0.25, 0.3) is 0 Å². The van der Waals surface area contributed by atoms with Crippen LogP contribution in [0.5, 0.6) is 5.75 Å². The summed E-state index contributed by atoms with van der Waals surface area (Å²) in [5.41, 5.74) is 9.27. The normalized spacial score (nSPS) is 23.9. The predicted octanol–water partition coefficient (Wildman–Crippen LogP) is 2.12. The van der Waals surface area contributed by atoms with E-state index in [1.54, 1.807) is 7.11 Å². The Morgan fingerprint density at radius 1 is 1.45 bits per heavy atom. The average Bonchev–Trinajstić information content (AvgIpc) is 2.44. The standard InChI is InChI=1S/C16H27N3O/c1-11-5-6-19(9-14(11)7-17)10-15-13(3)16(20-4)12(2)8-18-15/h8,11,14H,5-7,9-10,17H2,1-4H3. The van der Waals surface area contributed by atoms with Crippen molar-refractivity contribution >= 4 is 0 Å². The van der Waals surface area contributed by atoms with Crippen molar-refractivity contribution in [2.24, 2.45) is 17.6 Å². The molecule has 1 aromatic heterocycles. The minimum Gasteiger partial charge on any atom is -0.496 e. The van der Waals surface area contributed by atoms with Crippen molar-refractivity contribution in [3.05, 3.63) is 23.0 Å². The quantitative estimate of drug-likeness (QED) is 0.916. The Labute approximate surface area is 122 Å². The molecule has 0 amide bonds. The Balaban J connectivity index is 2.11. The molecule has 1 aliphatic rings. The van der Waals surface area contributed by atoms with Gasteiger partial charge in [-0.3, -0.25) is 9.88 Å². The highest BCUT2D eigenvalue weighted by Gasteiger charge is 2.25. The van der Waals surface area contributed by atoms with E-state index in [0.29, 0.717) is 5.92 Å². The first-order valence-electron chi connectivity index (χ1n) is 7.48. The Bertz CT molecular complexity index is 461. The molecule has 2 rings (SSSR count). The molecule has 2 atom stereocenters. The summed E-state index contributed by atoms with van der Waals surface area (Å²) in [5, 5.41) is 0. The molecule has 1 fully saturated rings. The van der Waals surface area contributed by atoms with E-state index in [1.807, 2.05) is 13.1 Å². The fraction of sp³-hybridized carbons (Fsp3) is 0.688. The van der Waals surface area contributed by atoms with Gasteiger partial charge in [-0.1, -0.05) is 6.92 Å². The Morgan fingerprint density at radius 3 is 2.85 bits per heavy atom. The number of methoxy groups -OCH3 is 1. The van der Waals surface area contributed by atoms with Gasteiger partial charge in [0.2, 0.25) is 0 Å². The number of hydrogen-bond acceptors (Lipinski definition) is 4. The minimum atomic E-state index is 0.608. The van der Waals surface area contributed by atoms with Crippen molar-refractivity contribution in [3.63, 3.8) is 0 Å². The highest BCUT2D eigenvalue weighted by molar-refractivity contribution is 5.41. The largest absolute Gasteiger partial charge is 0.496 e. The van der Waals surface area contributed by atoms with Gasteiger partial charge in [-0.2, -0.15) is 0 Å². The maximum atomic E-state index is 5.88. The van der Waals surface area contributed by atoms with Crippen molar-refractivity contribution in [1.82, 2.24) is 9.88 Å². The summed E-state index contributed by atoms with van der Waals surface area (Å²) in [4.78, 5) is 7.07. The number of aromatic nitrogens is 1. The number of hydrogen-bond donors (Lipinski definition) is 1. The van der Waals surface area contributed by atoms with Crippen LogP contribution < -0.4 is 10.5 Å². The number of nitrogens with zero attached hydrogens (tertiary/aromatic N) is 2. The van der Waals surface area contributed by atoms with Crippen molar-refractivity contribution in [2.45, 2.75) is 33.7 Å². The Hall–Kier alpha value is -1.13. The zero-order valence-corrected chi connectivity index (χ0v) is 13.1. The lowest BCUT2D eigenvalue weighted by Gasteiger charge is -2.36. The van der Waals surface area contributed by atoms with Gasteiger partial charge in [0.15, 0.2) is 0 Å². The number of pyridine rings is 1. The summed E-state index contributed by atoms with van der Waals surface area (Å²) < 4.78 is 5.49. The number of ether oxygens (including phenoxy) is 1. The first kappa shape index (κ1) is 15.3. The molecule has 2 N–H and O–H groups in total. The van der Waals surface area contributed by atoms with Crippen molar-refractivity contribution < 1.29 is 4.74 Å². The highest BCUT2D eigenvalue weighted by atomic mass is 16.5. The number of rotatable bonds is 4. The second-order valence-corrected chi connectivity index (χ2v) is 6.04. The molecule has 112 valence electrons. The third-order valence-electron chi connectivity index (χ3n) is 4.62. The molecular formula is C16H27N3O. The van der Waals surface area contributed by atoms with E-state index in [9.17, 15) is 0 Å². The van der Waals surface area contributed by atoms with Gasteiger partial charge in [-0.15, -0.1) is 0 Å². The lowest BCUT2D eigenvalue weighted by atomic mass is 9.87. The molecule has 4 heteroatoms. The molecule has 4 nitrogen and oxygen atoms in total. The van der Waals surface area contributed by atoms with E-state index >= 15 is 0 Å². The van der Waals surface area contributed by atoms with Crippen LogP contribution in [0.2, 0.25) is 0 Å². The molecule has 0 spiro atoms. The van der Waals surface area contributed by atoms with Gasteiger partial charge in [0.1, 0.15) is 5.75 Å². The first-order chi connectivity index (χ1) is 9.56. The van der Waals surface area contributed by atoms with E-state index < -0.39 is 0 Å². The third kappa shape index (κ3) is 3.13. The number of nitrogens with two attached hydrogens (primary N) is 1. The van der Waals surface area contributed by atoms with Crippen molar-refractivity contribution in [2.75, 3.05) is 26.7 Å². The molecule has 2 unspecified atom stereocenters. The summed E-state index contributed by atoms with van der Waals surface area (Å²) in [6, 6.07) is 0. The van der Waals surface area contributed by atoms with Gasteiger partial charge in [0, 0.05) is 30.4 Å². The zero-order chi connectivity index (χ0) is 14.7. The summed E-state index contributed by atoms with van der Waals surface area (Å²) in [7, 11) is 1.73. The minimum absolute atomic E-state index is 0.608. The lowest BCUT2D eigenvalue weighted by molar-refractivity contribution is 0.124. The summed E-state index contributed by atoms with van der Waals surface area (Å²) in [6.07, 6.45) is 3.14. The highest BCUT2D eigenvalue weighted by Crippen LogP contribution is 2.27. The molecule has 2 heterocycles. The molecular weight excluding hydrogens is 250 g/mol. The van der Waals surface area contributed by atoms with E-state index in [1.165, 1.54) is 6.42 Å².